The number of aliphatic hydroxyl groups excluding tert-OH is 1. The quantitative estimate of drug-likeness (QED) is 0.497. The van der Waals surface area contributed by atoms with Gasteiger partial charge in [-0.1, -0.05) is 62.9 Å². The molecule has 2 N–H and O–H groups in total. The molecular weight excluding hydrogens is 343 g/mol. The van der Waals surface area contributed by atoms with Gasteiger partial charge in [-0.25, -0.2) is 0 Å². The minimum atomic E-state index is -1.26. The molecule has 0 heterocycles. The van der Waals surface area contributed by atoms with E-state index >= 15 is 0 Å². The second-order valence-corrected chi connectivity index (χ2v) is 7.06. The maximum atomic E-state index is 12.6. The van der Waals surface area contributed by atoms with Crippen LogP contribution in [-0.2, 0) is 4.65 Å². The molecule has 27 heavy (non-hydrogen) atoms. The van der Waals surface area contributed by atoms with Crippen LogP contribution in [0, 0.1) is 5.41 Å². The summed E-state index contributed by atoms with van der Waals surface area (Å²) in [6.45, 7) is 7.26. The molecule has 0 fully saturated rings. The third kappa shape index (κ3) is 6.06. The van der Waals surface area contributed by atoms with Crippen LogP contribution in [-0.4, -0.2) is 42.9 Å². The fraction of sp³-hybridized carbons (Fsp3) is 0.286. The van der Waals surface area contributed by atoms with Gasteiger partial charge >= 0.3 is 7.12 Å². The fourth-order valence-electron chi connectivity index (χ4n) is 2.33. The molecule has 0 radical (unpaired) electrons. The van der Waals surface area contributed by atoms with E-state index in [0.29, 0.717) is 16.8 Å². The van der Waals surface area contributed by atoms with Crippen LogP contribution in [0.5, 0.6) is 5.75 Å². The van der Waals surface area contributed by atoms with Gasteiger partial charge in [0.1, 0.15) is 5.75 Å². The van der Waals surface area contributed by atoms with Gasteiger partial charge in [0.15, 0.2) is 12.4 Å². The van der Waals surface area contributed by atoms with Crippen LogP contribution < -0.4 is 10.2 Å². The molecular formula is C21H25BO5. The number of rotatable bonds is 10. The van der Waals surface area contributed by atoms with Crippen molar-refractivity contribution < 1.29 is 24.3 Å². The molecule has 6 heteroatoms. The zero-order valence-corrected chi connectivity index (χ0v) is 15.7. The summed E-state index contributed by atoms with van der Waals surface area (Å²) >= 11 is 0. The van der Waals surface area contributed by atoms with Gasteiger partial charge in [-0.05, 0) is 23.2 Å². The molecule has 0 saturated heterocycles. The lowest BCUT2D eigenvalue weighted by atomic mass is 9.75. The van der Waals surface area contributed by atoms with E-state index in [1.807, 2.05) is 26.0 Å². The van der Waals surface area contributed by atoms with Crippen molar-refractivity contribution in [2.24, 2.45) is 5.41 Å². The highest BCUT2D eigenvalue weighted by molar-refractivity contribution is 6.61. The molecule has 0 spiro atoms. The summed E-state index contributed by atoms with van der Waals surface area (Å²) in [5, 5.41) is 19.6. The van der Waals surface area contributed by atoms with Crippen LogP contribution >= 0.6 is 0 Å². The molecule has 2 aromatic carbocycles. The molecule has 0 aromatic heterocycles. The third-order valence-electron chi connectivity index (χ3n) is 4.07. The number of aliphatic hydroxyl groups is 1. The second-order valence-electron chi connectivity index (χ2n) is 7.06. The molecule has 5 nitrogen and oxygen atoms in total. The molecule has 142 valence electrons. The van der Waals surface area contributed by atoms with Crippen LogP contribution in [0.1, 0.15) is 29.8 Å². The Labute approximate surface area is 160 Å². The molecule has 0 aliphatic carbocycles. The van der Waals surface area contributed by atoms with Crippen LogP contribution in [0.25, 0.3) is 6.08 Å². The maximum absolute atomic E-state index is 12.6. The molecule has 0 amide bonds. The highest BCUT2D eigenvalue weighted by Crippen LogP contribution is 2.15. The molecule has 0 aliphatic rings. The van der Waals surface area contributed by atoms with E-state index in [4.69, 9.17) is 9.39 Å². The van der Waals surface area contributed by atoms with Crippen molar-refractivity contribution in [3.8, 4) is 5.75 Å². The minimum Gasteiger partial charge on any atom is -0.485 e. The largest absolute Gasteiger partial charge is 0.491 e. The van der Waals surface area contributed by atoms with Gasteiger partial charge in [0.2, 0.25) is 0 Å². The Morgan fingerprint density at radius 2 is 1.85 bits per heavy atom. The van der Waals surface area contributed by atoms with Gasteiger partial charge in [-0.15, -0.1) is 0 Å². The van der Waals surface area contributed by atoms with Crippen molar-refractivity contribution >= 4 is 24.4 Å². The number of hydrogen-bond acceptors (Lipinski definition) is 5. The van der Waals surface area contributed by atoms with Crippen molar-refractivity contribution in [3.63, 3.8) is 0 Å². The number of carbonyl (C=O) groups excluding carboxylic acids is 1. The average molecular weight is 368 g/mol. The van der Waals surface area contributed by atoms with Crippen molar-refractivity contribution in [3.05, 3.63) is 66.2 Å². The summed E-state index contributed by atoms with van der Waals surface area (Å²) in [6.07, 6.45) is 1.73. The topological polar surface area (TPSA) is 76.0 Å². The Balaban J connectivity index is 2.04. The Hall–Kier alpha value is -2.41. The summed E-state index contributed by atoms with van der Waals surface area (Å²) in [5.74, 6) is 0.315. The Bertz CT molecular complexity index is 770. The van der Waals surface area contributed by atoms with E-state index in [9.17, 15) is 14.9 Å². The Morgan fingerprint density at radius 3 is 2.48 bits per heavy atom. The van der Waals surface area contributed by atoms with Gasteiger partial charge in [0.25, 0.3) is 0 Å². The lowest BCUT2D eigenvalue weighted by Crippen LogP contribution is -2.41. The predicted molar refractivity (Wildman–Crippen MR) is 107 cm³/mol. The number of hydrogen-bond donors (Lipinski definition) is 2. The van der Waals surface area contributed by atoms with Gasteiger partial charge in [-0.2, -0.15) is 0 Å². The number of carbonyl (C=O) groups is 1. The number of Topliss-reactive ketones (excluding diaryl/α,β-unsaturated/α-hetero) is 1. The van der Waals surface area contributed by atoms with Crippen molar-refractivity contribution in [1.82, 2.24) is 0 Å². The molecule has 0 saturated carbocycles. The van der Waals surface area contributed by atoms with E-state index in [2.05, 4.69) is 6.58 Å². The predicted octanol–water partition coefficient (Wildman–Crippen LogP) is 2.31. The summed E-state index contributed by atoms with van der Waals surface area (Å²) in [5.41, 5.74) is 1.20. The second kappa shape index (κ2) is 9.51. The Morgan fingerprint density at radius 1 is 1.19 bits per heavy atom. The van der Waals surface area contributed by atoms with Crippen LogP contribution in [0.3, 0.4) is 0 Å². The zero-order chi connectivity index (χ0) is 19.9. The molecule has 0 bridgehead atoms. The number of benzene rings is 2. The fourth-order valence-corrected chi connectivity index (χ4v) is 2.33. The Kier molecular flexibility index (Phi) is 7.36. The smallest absolute Gasteiger partial charge is 0.485 e. The number of ketones is 1. The number of ether oxygens (including phenoxy) is 1. The van der Waals surface area contributed by atoms with Crippen LogP contribution in [0.15, 0.2) is 55.1 Å². The molecule has 0 atom stereocenters. The van der Waals surface area contributed by atoms with E-state index in [1.54, 1.807) is 42.5 Å². The summed E-state index contributed by atoms with van der Waals surface area (Å²) < 4.78 is 11.0. The summed E-state index contributed by atoms with van der Waals surface area (Å²) in [7, 11) is -1.26. The molecule has 0 aliphatic heterocycles. The third-order valence-corrected chi connectivity index (χ3v) is 4.07. The van der Waals surface area contributed by atoms with Gasteiger partial charge < -0.3 is 19.5 Å². The van der Waals surface area contributed by atoms with E-state index in [1.165, 1.54) is 0 Å². The first-order valence-corrected chi connectivity index (χ1v) is 8.74. The summed E-state index contributed by atoms with van der Waals surface area (Å²) in [6, 6.07) is 14.0. The lowest BCUT2D eigenvalue weighted by molar-refractivity contribution is 0.0879. The molecule has 0 unspecified atom stereocenters. The van der Waals surface area contributed by atoms with Crippen molar-refractivity contribution in [1.29, 1.82) is 0 Å². The first kappa shape index (κ1) is 20.9. The van der Waals surface area contributed by atoms with E-state index in [0.717, 1.165) is 5.56 Å². The lowest BCUT2D eigenvalue weighted by Gasteiger charge is -2.23. The molecule has 2 rings (SSSR count). The minimum absolute atomic E-state index is 0.0707. The zero-order valence-electron chi connectivity index (χ0n) is 15.7. The van der Waals surface area contributed by atoms with Gasteiger partial charge in [0.05, 0.1) is 6.61 Å². The standard InChI is InChI=1S/C21H25BO5/c1-4-16-9-11-17(12-10-16)26-13-20(24)18-7-5-6-8-19(18)22(25)27-15-21(2,3)14-23/h4-12,23,25H,1,13-15H2,2-3H3. The first-order chi connectivity index (χ1) is 12.9. The monoisotopic (exact) mass is 368 g/mol. The highest BCUT2D eigenvalue weighted by Gasteiger charge is 2.26. The molecule has 2 aromatic rings. The highest BCUT2D eigenvalue weighted by atomic mass is 16.5. The van der Waals surface area contributed by atoms with Gasteiger partial charge in [-0.3, -0.25) is 4.79 Å². The van der Waals surface area contributed by atoms with E-state index in [-0.39, 0.29) is 25.6 Å². The van der Waals surface area contributed by atoms with Crippen molar-refractivity contribution in [2.45, 2.75) is 13.8 Å². The first-order valence-electron chi connectivity index (χ1n) is 8.74. The van der Waals surface area contributed by atoms with Gasteiger partial charge in [0, 0.05) is 17.6 Å². The van der Waals surface area contributed by atoms with Crippen LogP contribution in [0.2, 0.25) is 0 Å². The van der Waals surface area contributed by atoms with Crippen LogP contribution in [0.4, 0.5) is 0 Å². The van der Waals surface area contributed by atoms with E-state index < -0.39 is 12.5 Å². The maximum Gasteiger partial charge on any atom is 0.491 e. The SMILES string of the molecule is C=Cc1ccc(OCC(=O)c2ccccc2B(O)OCC(C)(C)CO)cc1. The summed E-state index contributed by atoms with van der Waals surface area (Å²) in [4.78, 5) is 12.6. The average Bonchev–Trinajstić information content (AvgIpc) is 2.70. The normalized spacial score (nSPS) is 11.1. The van der Waals surface area contributed by atoms with Crippen molar-refractivity contribution in [2.75, 3.05) is 19.8 Å².